The van der Waals surface area contributed by atoms with Crippen LogP contribution in [-0.2, 0) is 6.54 Å². The number of benzene rings is 1. The second-order valence-corrected chi connectivity index (χ2v) is 5.12. The number of fused-ring (bicyclic) bond motifs is 1. The topological polar surface area (TPSA) is 56.7 Å². The van der Waals surface area contributed by atoms with Gasteiger partial charge in [-0.3, -0.25) is 0 Å². The Morgan fingerprint density at radius 3 is 2.85 bits per heavy atom. The van der Waals surface area contributed by atoms with Crippen molar-refractivity contribution in [2.24, 2.45) is 5.73 Å². The Kier molecular flexibility index (Phi) is 3.42. The number of aryl methyl sites for hydroxylation is 1. The number of nitrogens with zero attached hydrogens (tertiary/aromatic N) is 3. The fourth-order valence-electron chi connectivity index (χ4n) is 2.30. The van der Waals surface area contributed by atoms with E-state index in [-0.39, 0.29) is 0 Å². The number of aromatic nitrogens is 3. The average molecular weight is 287 g/mol. The summed E-state index contributed by atoms with van der Waals surface area (Å²) in [6.45, 7) is 3.19. The number of nitrogens with two attached hydrogens (primary N) is 1. The van der Waals surface area contributed by atoms with Gasteiger partial charge in [-0.15, -0.1) is 0 Å². The van der Waals surface area contributed by atoms with Gasteiger partial charge in [0.1, 0.15) is 11.3 Å². The Bertz CT molecular complexity index is 764. The van der Waals surface area contributed by atoms with Crippen molar-refractivity contribution in [1.82, 2.24) is 14.5 Å². The Morgan fingerprint density at radius 1 is 1.30 bits per heavy atom. The van der Waals surface area contributed by atoms with Gasteiger partial charge in [-0.1, -0.05) is 23.7 Å². The van der Waals surface area contributed by atoms with Crippen molar-refractivity contribution < 1.29 is 0 Å². The Morgan fingerprint density at radius 2 is 2.10 bits per heavy atom. The lowest BCUT2D eigenvalue weighted by Crippen LogP contribution is -2.11. The second-order valence-electron chi connectivity index (χ2n) is 4.71. The highest BCUT2D eigenvalue weighted by Crippen LogP contribution is 2.29. The van der Waals surface area contributed by atoms with Gasteiger partial charge in [0.05, 0.1) is 5.02 Å². The molecule has 0 aliphatic rings. The molecule has 0 atom stereocenters. The number of rotatable bonds is 3. The van der Waals surface area contributed by atoms with Gasteiger partial charge in [0.25, 0.3) is 0 Å². The molecule has 2 heterocycles. The van der Waals surface area contributed by atoms with E-state index in [4.69, 9.17) is 17.3 Å². The minimum atomic E-state index is 0.526. The predicted octanol–water partition coefficient (Wildman–Crippen LogP) is 3.02. The number of hydrogen-bond acceptors (Lipinski definition) is 3. The molecule has 0 saturated carbocycles. The number of hydrogen-bond donors (Lipinski definition) is 1. The minimum absolute atomic E-state index is 0.526. The van der Waals surface area contributed by atoms with Crippen LogP contribution in [0.5, 0.6) is 0 Å². The molecule has 0 aliphatic heterocycles. The van der Waals surface area contributed by atoms with Crippen LogP contribution in [0.4, 0.5) is 0 Å². The predicted molar refractivity (Wildman–Crippen MR) is 81.8 cm³/mol. The quantitative estimate of drug-likeness (QED) is 0.805. The molecule has 0 saturated heterocycles. The SMILES string of the molecule is Cc1cnc2c(c1)nc(-c1ccccc1Cl)n2CCN. The van der Waals surface area contributed by atoms with Gasteiger partial charge in [0, 0.05) is 24.8 Å². The summed E-state index contributed by atoms with van der Waals surface area (Å²) in [4.78, 5) is 9.16. The van der Waals surface area contributed by atoms with Crippen molar-refractivity contribution in [3.63, 3.8) is 0 Å². The summed E-state index contributed by atoms with van der Waals surface area (Å²) in [5, 5.41) is 0.679. The van der Waals surface area contributed by atoms with Gasteiger partial charge in [-0.05, 0) is 30.7 Å². The van der Waals surface area contributed by atoms with E-state index < -0.39 is 0 Å². The Balaban J connectivity index is 2.29. The highest BCUT2D eigenvalue weighted by molar-refractivity contribution is 6.33. The van der Waals surface area contributed by atoms with E-state index in [0.717, 1.165) is 28.1 Å². The fourth-order valence-corrected chi connectivity index (χ4v) is 2.52. The highest BCUT2D eigenvalue weighted by atomic mass is 35.5. The zero-order valence-electron chi connectivity index (χ0n) is 11.2. The van der Waals surface area contributed by atoms with Gasteiger partial charge in [0.2, 0.25) is 0 Å². The first-order valence-corrected chi connectivity index (χ1v) is 6.86. The molecule has 0 fully saturated rings. The fraction of sp³-hybridized carbons (Fsp3) is 0.200. The molecule has 2 N–H and O–H groups in total. The monoisotopic (exact) mass is 286 g/mol. The van der Waals surface area contributed by atoms with E-state index >= 15 is 0 Å². The van der Waals surface area contributed by atoms with Crippen molar-refractivity contribution in [3.05, 3.63) is 47.1 Å². The van der Waals surface area contributed by atoms with Crippen molar-refractivity contribution in [1.29, 1.82) is 0 Å². The Labute approximate surface area is 122 Å². The molecule has 0 unspecified atom stereocenters. The van der Waals surface area contributed by atoms with Gasteiger partial charge in [-0.25, -0.2) is 9.97 Å². The molecule has 0 spiro atoms. The lowest BCUT2D eigenvalue weighted by molar-refractivity contribution is 0.729. The van der Waals surface area contributed by atoms with Crippen molar-refractivity contribution in [3.8, 4) is 11.4 Å². The van der Waals surface area contributed by atoms with Crippen LogP contribution in [0.25, 0.3) is 22.6 Å². The summed E-state index contributed by atoms with van der Waals surface area (Å²) in [5.41, 5.74) is 9.41. The maximum atomic E-state index is 6.28. The third-order valence-electron chi connectivity index (χ3n) is 3.19. The summed E-state index contributed by atoms with van der Waals surface area (Å²) in [6, 6.07) is 9.71. The highest BCUT2D eigenvalue weighted by Gasteiger charge is 2.15. The van der Waals surface area contributed by atoms with Crippen molar-refractivity contribution in [2.75, 3.05) is 6.54 Å². The summed E-state index contributed by atoms with van der Waals surface area (Å²) in [6.07, 6.45) is 1.84. The van der Waals surface area contributed by atoms with Gasteiger partial charge in [-0.2, -0.15) is 0 Å². The maximum Gasteiger partial charge on any atom is 0.160 e. The summed E-state index contributed by atoms with van der Waals surface area (Å²) in [5.74, 6) is 0.814. The van der Waals surface area contributed by atoms with Gasteiger partial charge < -0.3 is 10.3 Å². The maximum absolute atomic E-state index is 6.28. The number of pyridine rings is 1. The van der Waals surface area contributed by atoms with Crippen molar-refractivity contribution in [2.45, 2.75) is 13.5 Å². The van der Waals surface area contributed by atoms with Gasteiger partial charge in [0.15, 0.2) is 5.65 Å². The molecule has 3 aromatic rings. The van der Waals surface area contributed by atoms with Crippen LogP contribution < -0.4 is 5.73 Å². The van der Waals surface area contributed by atoms with Crippen LogP contribution in [0, 0.1) is 6.92 Å². The molecule has 5 heteroatoms. The molecule has 0 radical (unpaired) electrons. The first-order valence-electron chi connectivity index (χ1n) is 6.48. The van der Waals surface area contributed by atoms with E-state index in [1.807, 2.05) is 48.0 Å². The summed E-state index contributed by atoms with van der Waals surface area (Å²) >= 11 is 6.28. The normalized spacial score (nSPS) is 11.2. The van der Waals surface area contributed by atoms with E-state index in [1.54, 1.807) is 0 Å². The van der Waals surface area contributed by atoms with Crippen molar-refractivity contribution >= 4 is 22.8 Å². The first kappa shape index (κ1) is 13.1. The first-order chi connectivity index (χ1) is 9.70. The minimum Gasteiger partial charge on any atom is -0.329 e. The van der Waals surface area contributed by atoms with E-state index in [9.17, 15) is 0 Å². The molecule has 0 bridgehead atoms. The van der Waals surface area contributed by atoms with E-state index in [1.165, 1.54) is 0 Å². The zero-order valence-corrected chi connectivity index (χ0v) is 11.9. The second kappa shape index (κ2) is 5.23. The van der Waals surface area contributed by atoms with E-state index in [0.29, 0.717) is 18.1 Å². The molecule has 0 aliphatic carbocycles. The molecular formula is C15H15ClN4. The zero-order chi connectivity index (χ0) is 14.1. The molecule has 102 valence electrons. The third kappa shape index (κ3) is 2.17. The van der Waals surface area contributed by atoms with Crippen LogP contribution in [0.15, 0.2) is 36.5 Å². The molecule has 4 nitrogen and oxygen atoms in total. The number of imidazole rings is 1. The molecule has 1 aromatic carbocycles. The molecule has 0 amide bonds. The van der Waals surface area contributed by atoms with Crippen LogP contribution in [-0.4, -0.2) is 21.1 Å². The molecular weight excluding hydrogens is 272 g/mol. The smallest absolute Gasteiger partial charge is 0.160 e. The lowest BCUT2D eigenvalue weighted by Gasteiger charge is -2.08. The number of halogens is 1. The largest absolute Gasteiger partial charge is 0.329 e. The standard InChI is InChI=1S/C15H15ClN4/c1-10-8-13-15(18-9-10)20(7-6-17)14(19-13)11-4-2-3-5-12(11)16/h2-5,8-9H,6-7,17H2,1H3. The summed E-state index contributed by atoms with van der Waals surface area (Å²) in [7, 11) is 0. The molecule has 3 rings (SSSR count). The molecule has 2 aromatic heterocycles. The third-order valence-corrected chi connectivity index (χ3v) is 3.52. The Hall–Kier alpha value is -1.91. The summed E-state index contributed by atoms with van der Waals surface area (Å²) < 4.78 is 2.02. The van der Waals surface area contributed by atoms with Crippen LogP contribution in [0.3, 0.4) is 0 Å². The molecule has 20 heavy (non-hydrogen) atoms. The lowest BCUT2D eigenvalue weighted by atomic mass is 10.2. The van der Waals surface area contributed by atoms with Gasteiger partial charge >= 0.3 is 0 Å². The van der Waals surface area contributed by atoms with Crippen LogP contribution in [0.2, 0.25) is 5.02 Å². The van der Waals surface area contributed by atoms with Crippen LogP contribution >= 0.6 is 11.6 Å². The average Bonchev–Trinajstić information content (AvgIpc) is 2.77. The van der Waals surface area contributed by atoms with E-state index in [2.05, 4.69) is 9.97 Å². The van der Waals surface area contributed by atoms with Crippen LogP contribution in [0.1, 0.15) is 5.56 Å².